The van der Waals surface area contributed by atoms with E-state index in [0.717, 1.165) is 11.1 Å². The van der Waals surface area contributed by atoms with Crippen molar-refractivity contribution in [1.82, 2.24) is 0 Å². The van der Waals surface area contributed by atoms with E-state index in [1.54, 1.807) is 133 Å². The van der Waals surface area contributed by atoms with Gasteiger partial charge in [0.05, 0.1) is 88.4 Å². The van der Waals surface area contributed by atoms with Crippen molar-refractivity contribution in [3.8, 4) is 11.5 Å². The first-order chi connectivity index (χ1) is 43.2. The van der Waals surface area contributed by atoms with Gasteiger partial charge in [-0.15, -0.1) is 0 Å². The van der Waals surface area contributed by atoms with Crippen LogP contribution >= 0.6 is 0 Å². The Kier molecular flexibility index (Phi) is 49.1. The molecule has 0 aliphatic rings. The van der Waals surface area contributed by atoms with Crippen molar-refractivity contribution in [3.63, 3.8) is 0 Å². The molecule has 0 heterocycles. The minimum Gasteiger partial charge on any atom is -0.545 e. The molecular weight excluding hydrogens is 1490 g/mol. The summed E-state index contributed by atoms with van der Waals surface area (Å²) in [7, 11) is 0. The Bertz CT molecular complexity index is 2950. The fraction of sp³-hybridized carbons (Fsp3) is 0.147. The summed E-state index contributed by atoms with van der Waals surface area (Å²) in [5, 5.41) is 115. The average molecular weight is 1550 g/mol. The molecule has 8 rings (SSSR count). The van der Waals surface area contributed by atoms with Gasteiger partial charge in [-0.3, -0.25) is 20.0 Å². The summed E-state index contributed by atoms with van der Waals surface area (Å²) in [6.07, 6.45) is 6.12. The molecule has 0 aliphatic heterocycles. The smallest absolute Gasteiger partial charge is 0.545 e. The van der Waals surface area contributed by atoms with Crippen LogP contribution in [0.15, 0.2) is 226 Å². The average Bonchev–Trinajstić information content (AvgIpc) is 1.34. The Morgan fingerprint density at radius 3 is 0.554 bits per heavy atom. The number of phenolic OH excluding ortho intramolecular Hbond substituents is 2. The minimum absolute atomic E-state index is 0. The Morgan fingerprint density at radius 2 is 0.446 bits per heavy atom. The Hall–Kier alpha value is -8.75. The Labute approximate surface area is 592 Å². The van der Waals surface area contributed by atoms with Crippen molar-refractivity contribution in [2.75, 3.05) is 52.6 Å². The Morgan fingerprint density at radius 1 is 0.304 bits per heavy atom. The molecular formula is C68H66Dy2N4O18. The van der Waals surface area contributed by atoms with E-state index in [2.05, 4.69) is 20.0 Å². The number of aliphatic hydroxyl groups excluding tert-OH is 4. The number of aryl methyl sites for hydroxylation is 2. The molecule has 0 aliphatic carbocycles. The van der Waals surface area contributed by atoms with E-state index >= 15 is 0 Å². The number of carboxylic acids is 6. The number of aliphatic imine (C=N–C) groups is 4. The minimum atomic E-state index is -1.13. The molecule has 486 valence electrons. The number of benzene rings is 8. The quantitative estimate of drug-likeness (QED) is 0.0660. The molecule has 0 fully saturated rings. The maximum atomic E-state index is 10.1. The second-order valence-electron chi connectivity index (χ2n) is 17.5. The van der Waals surface area contributed by atoms with Gasteiger partial charge in [0.15, 0.2) is 0 Å². The molecule has 0 saturated carbocycles. The maximum Gasteiger partial charge on any atom is 3.00 e. The van der Waals surface area contributed by atoms with Crippen LogP contribution in [0.25, 0.3) is 0 Å². The van der Waals surface area contributed by atoms with E-state index < -0.39 is 35.8 Å². The van der Waals surface area contributed by atoms with Gasteiger partial charge in [0.25, 0.3) is 0 Å². The number of aromatic hydroxyl groups is 2. The predicted molar refractivity (Wildman–Crippen MR) is 329 cm³/mol. The molecule has 0 unspecified atom stereocenters. The van der Waals surface area contributed by atoms with Gasteiger partial charge >= 0.3 is 76.3 Å². The third kappa shape index (κ3) is 39.4. The number of aromatic carboxylic acids is 6. The fourth-order valence-electron chi connectivity index (χ4n) is 6.39. The molecule has 2 radical (unpaired) electrons. The maximum absolute atomic E-state index is 10.1. The normalized spacial score (nSPS) is 9.80. The molecule has 0 atom stereocenters. The Balaban J connectivity index is 0. The second kappa shape index (κ2) is 53.0. The zero-order chi connectivity index (χ0) is 66.9. The van der Waals surface area contributed by atoms with E-state index in [-0.39, 0.29) is 148 Å². The van der Waals surface area contributed by atoms with Crippen molar-refractivity contribution >= 4 is 60.7 Å². The summed E-state index contributed by atoms with van der Waals surface area (Å²) in [4.78, 5) is 76.5. The number of phenols is 2. The summed E-state index contributed by atoms with van der Waals surface area (Å²) in [5.41, 5.74) is 5.64. The fourth-order valence-corrected chi connectivity index (χ4v) is 6.39. The predicted octanol–water partition coefficient (Wildman–Crippen LogP) is 1.35. The number of hydrogen-bond acceptors (Lipinski definition) is 22. The number of carbonyl (C=O) groups excluding carboxylic acids is 6. The molecule has 0 saturated heterocycles. The third-order valence-electron chi connectivity index (χ3n) is 10.5. The first kappa shape index (κ1) is 85.3. The number of rotatable bonds is 18. The van der Waals surface area contributed by atoms with Crippen LogP contribution in [0.5, 0.6) is 11.5 Å². The van der Waals surface area contributed by atoms with E-state index in [1.807, 2.05) is 13.8 Å². The first-order valence-electron chi connectivity index (χ1n) is 26.9. The van der Waals surface area contributed by atoms with Crippen LogP contribution in [0.1, 0.15) is 95.5 Å². The summed E-state index contributed by atoms with van der Waals surface area (Å²) in [5.74, 6) is -6.57. The number of nitrogens with zero attached hydrogens (tertiary/aromatic N) is 4. The van der Waals surface area contributed by atoms with Crippen LogP contribution in [0, 0.1) is 90.2 Å². The summed E-state index contributed by atoms with van der Waals surface area (Å²) >= 11 is 0. The van der Waals surface area contributed by atoms with Gasteiger partial charge < -0.3 is 90.0 Å². The molecule has 22 nitrogen and oxygen atoms in total. The van der Waals surface area contributed by atoms with Gasteiger partial charge in [0.2, 0.25) is 0 Å². The molecule has 24 heteroatoms. The van der Waals surface area contributed by atoms with Crippen LogP contribution < -0.4 is 30.6 Å². The molecule has 0 spiro atoms. The van der Waals surface area contributed by atoms with Gasteiger partial charge in [-0.2, -0.15) is 0 Å². The van der Waals surface area contributed by atoms with Crippen molar-refractivity contribution in [2.24, 2.45) is 20.0 Å². The van der Waals surface area contributed by atoms with Gasteiger partial charge in [0.1, 0.15) is 11.5 Å². The number of hydrogen-bond donors (Lipinski definition) is 6. The van der Waals surface area contributed by atoms with Gasteiger partial charge in [0, 0.05) is 47.1 Å². The largest absolute Gasteiger partial charge is 3.00 e. The zero-order valence-electron chi connectivity index (χ0n) is 49.6. The zero-order valence-corrected chi connectivity index (χ0v) is 53.7. The third-order valence-corrected chi connectivity index (χ3v) is 10.5. The van der Waals surface area contributed by atoms with E-state index in [1.165, 1.54) is 97.7 Å². The van der Waals surface area contributed by atoms with Gasteiger partial charge in [-0.05, 0) is 82.6 Å². The van der Waals surface area contributed by atoms with Gasteiger partial charge in [-0.25, -0.2) is 0 Å². The molecule has 8 aromatic rings. The molecule has 6 N–H and O–H groups in total. The monoisotopic (exact) mass is 1550 g/mol. The SMILES string of the molecule is Cc1cc(C=NCCO)c(O)c(C=NCCO)c1.Cc1cc(C=NCCO)c(O)c(C=NCCO)c1.O=C([O-])c1ccccc1.O=C([O-])c1ccccc1.O=C([O-])c1ccccc1.O=C([O-])c1ccccc1.O=C([O-])c1ccccc1.O=C([O-])c1ccccc1.[Dy+3].[Dy+3]. The summed E-state index contributed by atoms with van der Waals surface area (Å²) in [6, 6.07) is 55.6. The topological polar surface area (TPSA) is 412 Å². The summed E-state index contributed by atoms with van der Waals surface area (Å²) in [6.45, 7) is 4.97. The number of carboxylic acid groups (broad SMARTS) is 6. The van der Waals surface area contributed by atoms with Gasteiger partial charge in [-0.1, -0.05) is 182 Å². The first-order valence-corrected chi connectivity index (χ1v) is 26.9. The standard InChI is InChI=1S/2C13H18N2O3.6C7H6O2.2Dy/c2*1-10-6-11(8-14-2-4-16)13(18)12(7-10)9-15-3-5-17;6*8-7(9)6-4-2-1-3-5-6;;/h2*6-9,16-18H,2-5H2,1H3;6*1-5H,(H,8,9);;/q;;;;;;;;2*+3/p-6. The molecule has 0 bridgehead atoms. The number of carbonyl (C=O) groups is 6. The van der Waals surface area contributed by atoms with E-state index in [0.29, 0.717) is 48.4 Å². The van der Waals surface area contributed by atoms with Crippen LogP contribution in [-0.4, -0.2) is 144 Å². The van der Waals surface area contributed by atoms with Crippen molar-refractivity contribution in [3.05, 3.63) is 273 Å². The van der Waals surface area contributed by atoms with Crippen molar-refractivity contribution in [1.29, 1.82) is 0 Å². The molecule has 0 aromatic heterocycles. The van der Waals surface area contributed by atoms with Crippen LogP contribution in [0.2, 0.25) is 0 Å². The van der Waals surface area contributed by atoms with Crippen LogP contribution in [-0.2, 0) is 0 Å². The van der Waals surface area contributed by atoms with E-state index in [4.69, 9.17) is 20.4 Å². The van der Waals surface area contributed by atoms with Crippen LogP contribution in [0.3, 0.4) is 0 Å². The van der Waals surface area contributed by atoms with Crippen LogP contribution in [0.4, 0.5) is 0 Å². The van der Waals surface area contributed by atoms with Crippen molar-refractivity contribution < 1.29 is 166 Å². The number of aliphatic hydroxyl groups is 4. The second-order valence-corrected chi connectivity index (χ2v) is 17.5. The van der Waals surface area contributed by atoms with Crippen molar-refractivity contribution in [2.45, 2.75) is 13.8 Å². The van der Waals surface area contributed by atoms with E-state index in [9.17, 15) is 69.6 Å². The molecule has 92 heavy (non-hydrogen) atoms. The summed E-state index contributed by atoms with van der Waals surface area (Å²) < 4.78 is 0. The molecule has 0 amide bonds. The molecule has 8 aromatic carbocycles.